The molecular weight excluding hydrogens is 172 g/mol. The first-order chi connectivity index (χ1) is 6.00. The van der Waals surface area contributed by atoms with Crippen molar-refractivity contribution in [3.8, 4) is 0 Å². The third-order valence-corrected chi connectivity index (χ3v) is 2.25. The molecule has 0 aliphatic carbocycles. The summed E-state index contributed by atoms with van der Waals surface area (Å²) in [4.78, 5) is 35.9. The highest BCUT2D eigenvalue weighted by molar-refractivity contribution is 6.29. The van der Waals surface area contributed by atoms with E-state index in [2.05, 4.69) is 0 Å². The molecule has 1 aliphatic rings. The molecule has 0 spiro atoms. The first-order valence-electron chi connectivity index (χ1n) is 4.07. The highest BCUT2D eigenvalue weighted by Crippen LogP contribution is 2.19. The quantitative estimate of drug-likeness (QED) is 0.412. The minimum Gasteiger partial charge on any atom is -0.345 e. The summed E-state index contributed by atoms with van der Waals surface area (Å²) in [5.41, 5.74) is 0. The Morgan fingerprint density at radius 3 is 2.31 bits per heavy atom. The van der Waals surface area contributed by atoms with Crippen LogP contribution < -0.4 is 0 Å². The summed E-state index contributed by atoms with van der Waals surface area (Å²) >= 11 is 0. The summed E-state index contributed by atoms with van der Waals surface area (Å²) in [6, 6.07) is 0. The second-order valence-corrected chi connectivity index (χ2v) is 3.02. The molecule has 0 aromatic carbocycles. The van der Waals surface area contributed by atoms with Gasteiger partial charge in [0.25, 0.3) is 11.8 Å². The van der Waals surface area contributed by atoms with Crippen molar-refractivity contribution in [1.29, 1.82) is 0 Å². The van der Waals surface area contributed by atoms with Gasteiger partial charge in [0, 0.05) is 20.6 Å². The zero-order valence-corrected chi connectivity index (χ0v) is 7.90. The van der Waals surface area contributed by atoms with Crippen LogP contribution in [0.3, 0.4) is 0 Å². The lowest BCUT2D eigenvalue weighted by Crippen LogP contribution is -2.61. The highest BCUT2D eigenvalue weighted by atomic mass is 16.2. The lowest BCUT2D eigenvalue weighted by molar-refractivity contribution is -0.168. The molecule has 1 rings (SSSR count). The van der Waals surface area contributed by atoms with Crippen molar-refractivity contribution in [3.05, 3.63) is 0 Å². The monoisotopic (exact) mass is 184 g/mol. The zero-order chi connectivity index (χ0) is 10.2. The van der Waals surface area contributed by atoms with E-state index in [0.717, 1.165) is 4.90 Å². The summed E-state index contributed by atoms with van der Waals surface area (Å²) in [6.45, 7) is 2.29. The van der Waals surface area contributed by atoms with Crippen LogP contribution in [0.2, 0.25) is 0 Å². The largest absolute Gasteiger partial charge is 0.345 e. The number of β-lactam (4-membered cyclic amide) rings is 2. The van der Waals surface area contributed by atoms with E-state index in [1.165, 1.54) is 11.9 Å². The van der Waals surface area contributed by atoms with Gasteiger partial charge >= 0.3 is 0 Å². The topological polar surface area (TPSA) is 57.7 Å². The SMILES string of the molecule is CCN(C)C(=O)C1C(=O)N(C)C1=O. The van der Waals surface area contributed by atoms with Gasteiger partial charge in [-0.3, -0.25) is 19.3 Å². The lowest BCUT2D eigenvalue weighted by Gasteiger charge is -2.33. The molecule has 1 aliphatic heterocycles. The number of carbonyl (C=O) groups is 3. The summed E-state index contributed by atoms with van der Waals surface area (Å²) in [7, 11) is 2.95. The molecule has 0 aromatic rings. The van der Waals surface area contributed by atoms with Gasteiger partial charge < -0.3 is 4.90 Å². The molecule has 0 unspecified atom stereocenters. The molecule has 0 radical (unpaired) electrons. The van der Waals surface area contributed by atoms with Crippen LogP contribution in [0.25, 0.3) is 0 Å². The molecule has 5 nitrogen and oxygen atoms in total. The Labute approximate surface area is 76.3 Å². The zero-order valence-electron chi connectivity index (χ0n) is 7.90. The number of imide groups is 1. The molecular formula is C8H12N2O3. The minimum absolute atomic E-state index is 0.407. The molecule has 1 heterocycles. The van der Waals surface area contributed by atoms with Crippen LogP contribution in [-0.4, -0.2) is 48.2 Å². The maximum absolute atomic E-state index is 11.4. The van der Waals surface area contributed by atoms with Crippen LogP contribution in [0.5, 0.6) is 0 Å². The fourth-order valence-electron chi connectivity index (χ4n) is 1.12. The number of amides is 3. The summed E-state index contributed by atoms with van der Waals surface area (Å²) in [5, 5.41) is 0. The third-order valence-electron chi connectivity index (χ3n) is 2.25. The van der Waals surface area contributed by atoms with E-state index in [1.54, 1.807) is 14.0 Å². The molecule has 5 heteroatoms. The standard InChI is InChI=1S/C8H12N2O3/c1-4-9(2)6(11)5-7(12)10(3)8(5)13/h5H,4H2,1-3H3. The van der Waals surface area contributed by atoms with Crippen molar-refractivity contribution in [2.75, 3.05) is 20.6 Å². The molecule has 0 saturated carbocycles. The van der Waals surface area contributed by atoms with Crippen molar-refractivity contribution < 1.29 is 14.4 Å². The fourth-order valence-corrected chi connectivity index (χ4v) is 1.12. The second-order valence-electron chi connectivity index (χ2n) is 3.02. The lowest BCUT2D eigenvalue weighted by atomic mass is 9.97. The van der Waals surface area contributed by atoms with E-state index in [1.807, 2.05) is 0 Å². The number of carbonyl (C=O) groups excluding carboxylic acids is 3. The molecule has 3 amide bonds. The van der Waals surface area contributed by atoms with Gasteiger partial charge in [-0.1, -0.05) is 0 Å². The van der Waals surface area contributed by atoms with Crippen molar-refractivity contribution in [1.82, 2.24) is 9.80 Å². The van der Waals surface area contributed by atoms with Gasteiger partial charge in [0.1, 0.15) is 0 Å². The van der Waals surface area contributed by atoms with Crippen molar-refractivity contribution in [2.24, 2.45) is 5.92 Å². The fraction of sp³-hybridized carbons (Fsp3) is 0.625. The highest BCUT2D eigenvalue weighted by Gasteiger charge is 2.49. The average molecular weight is 184 g/mol. The van der Waals surface area contributed by atoms with E-state index in [-0.39, 0.29) is 0 Å². The molecule has 0 aromatic heterocycles. The Morgan fingerprint density at radius 2 is 1.92 bits per heavy atom. The van der Waals surface area contributed by atoms with Gasteiger partial charge in [-0.2, -0.15) is 0 Å². The van der Waals surface area contributed by atoms with Crippen molar-refractivity contribution >= 4 is 17.7 Å². The maximum atomic E-state index is 11.4. The molecule has 72 valence electrons. The van der Waals surface area contributed by atoms with E-state index in [4.69, 9.17) is 0 Å². The second kappa shape index (κ2) is 3.16. The van der Waals surface area contributed by atoms with E-state index in [9.17, 15) is 14.4 Å². The Bertz CT molecular complexity index is 259. The number of hydrogen-bond acceptors (Lipinski definition) is 3. The number of nitrogens with zero attached hydrogens (tertiary/aromatic N) is 2. The van der Waals surface area contributed by atoms with Crippen LogP contribution in [0.1, 0.15) is 6.92 Å². The molecule has 0 bridgehead atoms. The van der Waals surface area contributed by atoms with Gasteiger partial charge in [0.2, 0.25) is 5.91 Å². The van der Waals surface area contributed by atoms with E-state index in [0.29, 0.717) is 6.54 Å². The Kier molecular flexibility index (Phi) is 2.36. The minimum atomic E-state index is -1.07. The molecule has 0 atom stereocenters. The number of hydrogen-bond donors (Lipinski definition) is 0. The van der Waals surface area contributed by atoms with E-state index >= 15 is 0 Å². The van der Waals surface area contributed by atoms with Gasteiger partial charge in [0.05, 0.1) is 0 Å². The van der Waals surface area contributed by atoms with E-state index < -0.39 is 23.6 Å². The predicted molar refractivity (Wildman–Crippen MR) is 44.6 cm³/mol. The normalized spacial score (nSPS) is 17.3. The summed E-state index contributed by atoms with van der Waals surface area (Å²) in [5.74, 6) is -2.30. The molecule has 1 saturated heterocycles. The van der Waals surface area contributed by atoms with Gasteiger partial charge in [-0.05, 0) is 6.92 Å². The summed E-state index contributed by atoms with van der Waals surface area (Å²) < 4.78 is 0. The number of likely N-dealkylation sites (tertiary alicyclic amines) is 1. The van der Waals surface area contributed by atoms with Crippen LogP contribution in [0.15, 0.2) is 0 Å². The Morgan fingerprint density at radius 1 is 1.46 bits per heavy atom. The molecule has 1 fully saturated rings. The van der Waals surface area contributed by atoms with Gasteiger partial charge in [-0.25, -0.2) is 0 Å². The predicted octanol–water partition coefficient (Wildman–Crippen LogP) is -0.920. The maximum Gasteiger partial charge on any atom is 0.251 e. The van der Waals surface area contributed by atoms with Crippen molar-refractivity contribution in [2.45, 2.75) is 6.92 Å². The van der Waals surface area contributed by atoms with Gasteiger partial charge in [0.15, 0.2) is 5.92 Å². The average Bonchev–Trinajstić information content (AvgIpc) is 2.16. The Balaban J connectivity index is 2.70. The summed E-state index contributed by atoms with van der Waals surface area (Å²) in [6.07, 6.45) is 0. The van der Waals surface area contributed by atoms with Crippen LogP contribution in [0.4, 0.5) is 0 Å². The molecule has 13 heavy (non-hydrogen) atoms. The third kappa shape index (κ3) is 1.30. The molecule has 0 N–H and O–H groups in total. The first-order valence-corrected chi connectivity index (χ1v) is 4.07. The van der Waals surface area contributed by atoms with Crippen LogP contribution >= 0.6 is 0 Å². The first kappa shape index (κ1) is 9.70. The Hall–Kier alpha value is -1.39. The smallest absolute Gasteiger partial charge is 0.251 e. The van der Waals surface area contributed by atoms with Gasteiger partial charge in [-0.15, -0.1) is 0 Å². The van der Waals surface area contributed by atoms with Crippen LogP contribution in [0, 0.1) is 5.92 Å². The van der Waals surface area contributed by atoms with Crippen molar-refractivity contribution in [3.63, 3.8) is 0 Å². The number of rotatable bonds is 2. The van der Waals surface area contributed by atoms with Crippen LogP contribution in [-0.2, 0) is 14.4 Å².